The van der Waals surface area contributed by atoms with Crippen molar-refractivity contribution >= 4 is 11.7 Å². The molecule has 0 spiro atoms. The fourth-order valence-electron chi connectivity index (χ4n) is 1.67. The number of non-ortho nitro benzene ring substituents is 1. The molecule has 0 bridgehead atoms. The zero-order valence-electron chi connectivity index (χ0n) is 11.1. The standard InChI is InChI=1S/C13H13N3O4/c1-13(2)7-10(14-15-13)8-20-12(17)9-3-5-11(6-4-9)16(18)19/h3-7H,8H2,1-2H3. The summed E-state index contributed by atoms with van der Waals surface area (Å²) in [5.41, 5.74) is 0.404. The van der Waals surface area contributed by atoms with E-state index in [1.165, 1.54) is 24.3 Å². The largest absolute Gasteiger partial charge is 0.456 e. The Labute approximate surface area is 115 Å². The Kier molecular flexibility index (Phi) is 3.60. The molecule has 0 aliphatic carbocycles. The number of rotatable bonds is 4. The predicted octanol–water partition coefficient (Wildman–Crippen LogP) is 2.88. The zero-order valence-corrected chi connectivity index (χ0v) is 11.1. The molecule has 0 radical (unpaired) electrons. The summed E-state index contributed by atoms with van der Waals surface area (Å²) in [7, 11) is 0. The molecule has 0 amide bonds. The Bertz CT molecular complexity index is 603. The quantitative estimate of drug-likeness (QED) is 0.479. The van der Waals surface area contributed by atoms with Crippen molar-refractivity contribution < 1.29 is 14.5 Å². The van der Waals surface area contributed by atoms with Crippen LogP contribution in [-0.4, -0.2) is 23.0 Å². The molecule has 0 unspecified atom stereocenters. The second kappa shape index (κ2) is 5.20. The molecule has 1 aliphatic heterocycles. The molecule has 1 aromatic carbocycles. The number of hydrogen-bond donors (Lipinski definition) is 0. The fourth-order valence-corrected chi connectivity index (χ4v) is 1.67. The van der Waals surface area contributed by atoms with Gasteiger partial charge in [-0.3, -0.25) is 10.1 Å². The van der Waals surface area contributed by atoms with Crippen LogP contribution >= 0.6 is 0 Å². The first-order chi connectivity index (χ1) is 9.37. The number of nitrogens with zero attached hydrogens (tertiary/aromatic N) is 3. The van der Waals surface area contributed by atoms with Crippen molar-refractivity contribution in [2.24, 2.45) is 10.2 Å². The lowest BCUT2D eigenvalue weighted by molar-refractivity contribution is -0.384. The van der Waals surface area contributed by atoms with Crippen LogP contribution in [0.25, 0.3) is 0 Å². The topological polar surface area (TPSA) is 94.2 Å². The van der Waals surface area contributed by atoms with Gasteiger partial charge in [-0.1, -0.05) is 0 Å². The molecular weight excluding hydrogens is 262 g/mol. The van der Waals surface area contributed by atoms with Crippen LogP contribution in [0.3, 0.4) is 0 Å². The highest BCUT2D eigenvalue weighted by Crippen LogP contribution is 2.23. The van der Waals surface area contributed by atoms with Gasteiger partial charge < -0.3 is 4.74 Å². The van der Waals surface area contributed by atoms with Crippen molar-refractivity contribution in [1.29, 1.82) is 0 Å². The van der Waals surface area contributed by atoms with Crippen molar-refractivity contribution in [3.8, 4) is 0 Å². The Morgan fingerprint density at radius 2 is 2.00 bits per heavy atom. The molecule has 0 fully saturated rings. The molecule has 0 N–H and O–H groups in total. The molecule has 104 valence electrons. The van der Waals surface area contributed by atoms with Gasteiger partial charge in [0.1, 0.15) is 6.61 Å². The third kappa shape index (κ3) is 3.25. The highest BCUT2D eigenvalue weighted by atomic mass is 16.6. The minimum atomic E-state index is -0.555. The Hall–Kier alpha value is -2.57. The Morgan fingerprint density at radius 1 is 1.35 bits per heavy atom. The summed E-state index contributed by atoms with van der Waals surface area (Å²) in [6.07, 6.45) is 1.82. The fraction of sp³-hybridized carbons (Fsp3) is 0.308. The van der Waals surface area contributed by atoms with Gasteiger partial charge in [-0.25, -0.2) is 4.79 Å². The van der Waals surface area contributed by atoms with Gasteiger partial charge in [0.15, 0.2) is 0 Å². The van der Waals surface area contributed by atoms with Crippen LogP contribution in [0.4, 0.5) is 5.69 Å². The van der Waals surface area contributed by atoms with Crippen molar-refractivity contribution in [3.05, 3.63) is 51.7 Å². The van der Waals surface area contributed by atoms with Crippen LogP contribution in [0.5, 0.6) is 0 Å². The van der Waals surface area contributed by atoms with Crippen LogP contribution in [0.15, 0.2) is 46.3 Å². The molecule has 0 aromatic heterocycles. The van der Waals surface area contributed by atoms with Crippen LogP contribution in [0.2, 0.25) is 0 Å². The number of benzene rings is 1. The lowest BCUT2D eigenvalue weighted by atomic mass is 10.1. The van der Waals surface area contributed by atoms with Crippen molar-refractivity contribution in [2.75, 3.05) is 6.61 Å². The number of nitro benzene ring substituents is 1. The second-order valence-corrected chi connectivity index (χ2v) is 4.87. The number of carbonyl (C=O) groups excluding carboxylic acids is 1. The summed E-state index contributed by atoms with van der Waals surface area (Å²) in [5.74, 6) is -0.555. The summed E-state index contributed by atoms with van der Waals surface area (Å²) in [5, 5.41) is 18.4. The van der Waals surface area contributed by atoms with Gasteiger partial charge in [0.25, 0.3) is 5.69 Å². The molecule has 1 aliphatic rings. The molecule has 0 atom stereocenters. The predicted molar refractivity (Wildman–Crippen MR) is 70.4 cm³/mol. The van der Waals surface area contributed by atoms with Gasteiger partial charge in [-0.05, 0) is 32.1 Å². The summed E-state index contributed by atoms with van der Waals surface area (Å²) in [4.78, 5) is 21.7. The number of azo groups is 1. The molecule has 2 rings (SSSR count). The number of nitro groups is 1. The van der Waals surface area contributed by atoms with E-state index in [-0.39, 0.29) is 23.4 Å². The highest BCUT2D eigenvalue weighted by molar-refractivity contribution is 5.89. The summed E-state index contributed by atoms with van der Waals surface area (Å²) >= 11 is 0. The highest BCUT2D eigenvalue weighted by Gasteiger charge is 2.21. The van der Waals surface area contributed by atoms with Crippen molar-refractivity contribution in [2.45, 2.75) is 19.4 Å². The maximum Gasteiger partial charge on any atom is 0.338 e. The van der Waals surface area contributed by atoms with E-state index in [1.807, 2.05) is 19.9 Å². The molecule has 20 heavy (non-hydrogen) atoms. The minimum Gasteiger partial charge on any atom is -0.456 e. The lowest BCUT2D eigenvalue weighted by Crippen LogP contribution is -2.10. The van der Waals surface area contributed by atoms with Gasteiger partial charge in [0.05, 0.1) is 21.7 Å². The second-order valence-electron chi connectivity index (χ2n) is 4.87. The van der Waals surface area contributed by atoms with Crippen LogP contribution in [-0.2, 0) is 4.74 Å². The van der Waals surface area contributed by atoms with E-state index < -0.39 is 10.9 Å². The molecule has 0 saturated heterocycles. The van der Waals surface area contributed by atoms with E-state index in [9.17, 15) is 14.9 Å². The molecule has 7 heteroatoms. The average molecular weight is 275 g/mol. The summed E-state index contributed by atoms with van der Waals surface area (Å²) in [6.45, 7) is 3.81. The van der Waals surface area contributed by atoms with Crippen molar-refractivity contribution in [1.82, 2.24) is 0 Å². The first-order valence-electron chi connectivity index (χ1n) is 5.94. The smallest absolute Gasteiger partial charge is 0.338 e. The van der Waals surface area contributed by atoms with Crippen LogP contribution in [0.1, 0.15) is 24.2 Å². The number of esters is 1. The normalized spacial score (nSPS) is 15.8. The number of carbonyl (C=O) groups is 1. The Balaban J connectivity index is 1.96. The van der Waals surface area contributed by atoms with Crippen LogP contribution < -0.4 is 0 Å². The van der Waals surface area contributed by atoms with E-state index in [0.717, 1.165) is 0 Å². The Morgan fingerprint density at radius 3 is 2.50 bits per heavy atom. The summed E-state index contributed by atoms with van der Waals surface area (Å²) in [6, 6.07) is 5.23. The molecule has 1 heterocycles. The third-order valence-electron chi connectivity index (χ3n) is 2.62. The zero-order chi connectivity index (χ0) is 14.8. The molecule has 7 nitrogen and oxygen atoms in total. The van der Waals surface area contributed by atoms with Crippen molar-refractivity contribution in [3.63, 3.8) is 0 Å². The maximum atomic E-state index is 11.8. The number of ether oxygens (including phenoxy) is 1. The first-order valence-corrected chi connectivity index (χ1v) is 5.94. The van der Waals surface area contributed by atoms with E-state index in [4.69, 9.17) is 4.74 Å². The monoisotopic (exact) mass is 275 g/mol. The van der Waals surface area contributed by atoms with E-state index >= 15 is 0 Å². The van der Waals surface area contributed by atoms with Gasteiger partial charge in [0.2, 0.25) is 0 Å². The SMILES string of the molecule is CC1(C)C=C(COC(=O)c2ccc([N+](=O)[O-])cc2)N=N1. The van der Waals surface area contributed by atoms with Gasteiger partial charge in [-0.2, -0.15) is 10.2 Å². The molecular formula is C13H13N3O4. The summed E-state index contributed by atoms with van der Waals surface area (Å²) < 4.78 is 5.07. The lowest BCUT2D eigenvalue weighted by Gasteiger charge is -2.05. The average Bonchev–Trinajstić information content (AvgIpc) is 2.75. The van der Waals surface area contributed by atoms with E-state index in [1.54, 1.807) is 0 Å². The minimum absolute atomic E-state index is 0.0305. The van der Waals surface area contributed by atoms with Gasteiger partial charge in [0, 0.05) is 12.1 Å². The van der Waals surface area contributed by atoms with Gasteiger partial charge in [-0.15, -0.1) is 0 Å². The van der Waals surface area contributed by atoms with Gasteiger partial charge >= 0.3 is 5.97 Å². The third-order valence-corrected chi connectivity index (χ3v) is 2.62. The molecule has 0 saturated carbocycles. The first kappa shape index (κ1) is 13.9. The van der Waals surface area contributed by atoms with Crippen LogP contribution in [0, 0.1) is 10.1 Å². The molecule has 1 aromatic rings. The van der Waals surface area contributed by atoms with E-state index in [0.29, 0.717) is 5.70 Å². The maximum absolute atomic E-state index is 11.8. The number of hydrogen-bond acceptors (Lipinski definition) is 6. The van der Waals surface area contributed by atoms with E-state index in [2.05, 4.69) is 10.2 Å².